The molecule has 162 valence electrons. The van der Waals surface area contributed by atoms with Gasteiger partial charge in [-0.2, -0.15) is 4.31 Å². The third-order valence-corrected chi connectivity index (χ3v) is 7.94. The van der Waals surface area contributed by atoms with Gasteiger partial charge in [0.1, 0.15) is 0 Å². The Bertz CT molecular complexity index is 844. The number of nitrogens with zero attached hydrogens (tertiary/aromatic N) is 1. The molecule has 1 aromatic rings. The van der Waals surface area contributed by atoms with E-state index in [1.807, 2.05) is 0 Å². The molecule has 1 aromatic carbocycles. The molecule has 7 nitrogen and oxygen atoms in total. The fourth-order valence-electron chi connectivity index (χ4n) is 3.85. The van der Waals surface area contributed by atoms with Gasteiger partial charge in [0.25, 0.3) is 0 Å². The molecule has 9 heteroatoms. The first-order valence-corrected chi connectivity index (χ1v) is 11.8. The summed E-state index contributed by atoms with van der Waals surface area (Å²) in [6, 6.07) is 4.15. The second-order valence-electron chi connectivity index (χ2n) is 7.46. The number of nitrogens with one attached hydrogen (secondary N) is 1. The number of hydrogen-bond donors (Lipinski definition) is 2. The summed E-state index contributed by atoms with van der Waals surface area (Å²) < 4.78 is 26.8. The quantitative estimate of drug-likeness (QED) is 0.587. The molecule has 1 saturated carbocycles. The Labute approximate surface area is 177 Å². The van der Waals surface area contributed by atoms with E-state index in [1.165, 1.54) is 22.5 Å². The molecule has 2 N–H and O–H groups in total. The average molecular weight is 445 g/mol. The second kappa shape index (κ2) is 9.91. The van der Waals surface area contributed by atoms with Crippen molar-refractivity contribution in [3.05, 3.63) is 23.2 Å². The van der Waals surface area contributed by atoms with Gasteiger partial charge in [-0.05, 0) is 31.0 Å². The van der Waals surface area contributed by atoms with E-state index in [-0.39, 0.29) is 22.0 Å². The highest BCUT2D eigenvalue weighted by Gasteiger charge is 2.40. The van der Waals surface area contributed by atoms with Crippen LogP contribution in [0.3, 0.4) is 0 Å². The van der Waals surface area contributed by atoms with Gasteiger partial charge in [-0.3, -0.25) is 9.59 Å². The summed E-state index contributed by atoms with van der Waals surface area (Å²) in [6.45, 7) is 4.14. The number of aliphatic carboxylic acids is 1. The molecular formula is C20H29ClN2O5S. The van der Waals surface area contributed by atoms with E-state index in [1.54, 1.807) is 13.8 Å². The average Bonchev–Trinajstić information content (AvgIpc) is 2.90. The van der Waals surface area contributed by atoms with E-state index >= 15 is 0 Å². The number of rotatable bonds is 8. The minimum absolute atomic E-state index is 0.0308. The first-order chi connectivity index (χ1) is 13.7. The number of sulfonamides is 1. The van der Waals surface area contributed by atoms with Crippen LogP contribution in [-0.2, 0) is 19.6 Å². The molecule has 0 atom stereocenters. The van der Waals surface area contributed by atoms with Crippen molar-refractivity contribution in [3.63, 3.8) is 0 Å². The highest BCUT2D eigenvalue weighted by atomic mass is 35.5. The van der Waals surface area contributed by atoms with Crippen molar-refractivity contribution in [2.24, 2.45) is 5.41 Å². The molecule has 0 spiro atoms. The zero-order chi connectivity index (χ0) is 21.7. The van der Waals surface area contributed by atoms with Crippen LogP contribution in [-0.4, -0.2) is 42.8 Å². The molecule has 0 aliphatic heterocycles. The molecule has 0 unspecified atom stereocenters. The number of halogens is 1. The summed E-state index contributed by atoms with van der Waals surface area (Å²) in [5.74, 6) is -1.44. The van der Waals surface area contributed by atoms with Gasteiger partial charge in [0, 0.05) is 19.5 Å². The number of anilines is 1. The van der Waals surface area contributed by atoms with Crippen LogP contribution in [0.25, 0.3) is 0 Å². The maximum absolute atomic E-state index is 12.7. The van der Waals surface area contributed by atoms with Gasteiger partial charge < -0.3 is 10.4 Å². The van der Waals surface area contributed by atoms with E-state index in [0.29, 0.717) is 25.9 Å². The number of benzene rings is 1. The fraction of sp³-hybridized carbons (Fsp3) is 0.600. The molecule has 2 rings (SSSR count). The van der Waals surface area contributed by atoms with Crippen LogP contribution in [0, 0.1) is 5.41 Å². The Morgan fingerprint density at radius 1 is 1.14 bits per heavy atom. The summed E-state index contributed by atoms with van der Waals surface area (Å²) >= 11 is 6.16. The van der Waals surface area contributed by atoms with Crippen molar-refractivity contribution in [2.75, 3.05) is 18.4 Å². The predicted molar refractivity (Wildman–Crippen MR) is 113 cm³/mol. The number of carbonyl (C=O) groups excluding carboxylic acids is 1. The van der Waals surface area contributed by atoms with Crippen molar-refractivity contribution in [2.45, 2.75) is 63.7 Å². The van der Waals surface area contributed by atoms with Crippen LogP contribution in [0.5, 0.6) is 0 Å². The highest BCUT2D eigenvalue weighted by molar-refractivity contribution is 7.89. The summed E-state index contributed by atoms with van der Waals surface area (Å²) in [7, 11) is -3.70. The predicted octanol–water partition coefficient (Wildman–Crippen LogP) is 4.12. The number of carboxylic acids is 1. The lowest BCUT2D eigenvalue weighted by molar-refractivity contribution is -0.152. The Hall–Kier alpha value is -1.64. The summed E-state index contributed by atoms with van der Waals surface area (Å²) in [6.07, 6.45) is 4.24. The van der Waals surface area contributed by atoms with Crippen LogP contribution in [0.2, 0.25) is 5.02 Å². The Balaban J connectivity index is 2.25. The topological polar surface area (TPSA) is 104 Å². The lowest BCUT2D eigenvalue weighted by Crippen LogP contribution is -2.35. The molecule has 0 bridgehead atoms. The number of carboxylic acid groups (broad SMARTS) is 1. The van der Waals surface area contributed by atoms with E-state index < -0.39 is 27.3 Å². The van der Waals surface area contributed by atoms with Gasteiger partial charge >= 0.3 is 5.97 Å². The largest absolute Gasteiger partial charge is 0.481 e. The molecular weight excluding hydrogens is 416 g/mol. The maximum Gasteiger partial charge on any atom is 0.310 e. The molecule has 29 heavy (non-hydrogen) atoms. The normalized spacial score (nSPS) is 17.0. The van der Waals surface area contributed by atoms with Crippen LogP contribution >= 0.6 is 11.6 Å². The minimum Gasteiger partial charge on any atom is -0.481 e. The van der Waals surface area contributed by atoms with Crippen LogP contribution in [0.4, 0.5) is 5.69 Å². The van der Waals surface area contributed by atoms with Gasteiger partial charge in [0.05, 0.1) is 21.0 Å². The number of carbonyl (C=O) groups is 2. The van der Waals surface area contributed by atoms with Gasteiger partial charge in [0.15, 0.2) is 0 Å². The Morgan fingerprint density at radius 3 is 2.24 bits per heavy atom. The molecule has 1 aliphatic rings. The van der Waals surface area contributed by atoms with Crippen LogP contribution in [0.1, 0.15) is 58.8 Å². The first kappa shape index (κ1) is 23.6. The molecule has 0 heterocycles. The van der Waals surface area contributed by atoms with E-state index in [0.717, 1.165) is 25.7 Å². The SMILES string of the molecule is CCN(CC)S(=O)(=O)c1ccc(Cl)c(NC(=O)CC2(C(=O)O)CCCCCC2)c1. The maximum atomic E-state index is 12.7. The van der Waals surface area contributed by atoms with Gasteiger partial charge in [-0.25, -0.2) is 8.42 Å². The minimum atomic E-state index is -3.70. The lowest BCUT2D eigenvalue weighted by Gasteiger charge is -2.27. The fourth-order valence-corrected chi connectivity index (χ4v) is 5.50. The smallest absolute Gasteiger partial charge is 0.310 e. The molecule has 1 amide bonds. The molecule has 0 saturated heterocycles. The summed E-state index contributed by atoms with van der Waals surface area (Å²) in [4.78, 5) is 24.6. The van der Waals surface area contributed by atoms with Gasteiger partial charge in [-0.15, -0.1) is 0 Å². The van der Waals surface area contributed by atoms with E-state index in [9.17, 15) is 23.1 Å². The van der Waals surface area contributed by atoms with Gasteiger partial charge in [-0.1, -0.05) is 51.1 Å². The van der Waals surface area contributed by atoms with Crippen molar-refractivity contribution >= 4 is 39.2 Å². The summed E-state index contributed by atoms with van der Waals surface area (Å²) in [5.41, 5.74) is -0.920. The van der Waals surface area contributed by atoms with Crippen molar-refractivity contribution < 1.29 is 23.1 Å². The third-order valence-electron chi connectivity index (χ3n) is 5.57. The zero-order valence-electron chi connectivity index (χ0n) is 16.9. The molecule has 1 fully saturated rings. The number of amides is 1. The molecule has 0 radical (unpaired) electrons. The van der Waals surface area contributed by atoms with Crippen LogP contribution in [0.15, 0.2) is 23.1 Å². The molecule has 0 aromatic heterocycles. The van der Waals surface area contributed by atoms with Crippen molar-refractivity contribution in [1.82, 2.24) is 4.31 Å². The third kappa shape index (κ3) is 5.49. The second-order valence-corrected chi connectivity index (χ2v) is 9.80. The monoisotopic (exact) mass is 444 g/mol. The zero-order valence-corrected chi connectivity index (χ0v) is 18.5. The highest BCUT2D eigenvalue weighted by Crippen LogP contribution is 2.39. The van der Waals surface area contributed by atoms with E-state index in [2.05, 4.69) is 5.32 Å². The Kier molecular flexibility index (Phi) is 8.08. The summed E-state index contributed by atoms with van der Waals surface area (Å²) in [5, 5.41) is 12.6. The van der Waals surface area contributed by atoms with E-state index in [4.69, 9.17) is 11.6 Å². The van der Waals surface area contributed by atoms with Crippen molar-refractivity contribution in [1.29, 1.82) is 0 Å². The lowest BCUT2D eigenvalue weighted by atomic mass is 9.77. The van der Waals surface area contributed by atoms with Gasteiger partial charge in [0.2, 0.25) is 15.9 Å². The van der Waals surface area contributed by atoms with Crippen LogP contribution < -0.4 is 5.32 Å². The Morgan fingerprint density at radius 2 is 1.72 bits per heavy atom. The molecule has 1 aliphatic carbocycles. The standard InChI is InChI=1S/C20H29ClN2O5S/c1-3-23(4-2)29(27,28)15-9-10-16(21)17(13-15)22-18(24)14-20(19(25)26)11-7-5-6-8-12-20/h9-10,13H,3-8,11-12,14H2,1-2H3,(H,22,24)(H,25,26). The van der Waals surface area contributed by atoms with Crippen molar-refractivity contribution in [3.8, 4) is 0 Å². The first-order valence-electron chi connectivity index (χ1n) is 9.99. The number of hydrogen-bond acceptors (Lipinski definition) is 4.